The van der Waals surface area contributed by atoms with E-state index in [0.717, 1.165) is 16.8 Å². The van der Waals surface area contributed by atoms with Crippen LogP contribution in [0.4, 0.5) is 11.4 Å². The summed E-state index contributed by atoms with van der Waals surface area (Å²) in [5, 5.41) is 2.90. The van der Waals surface area contributed by atoms with Crippen molar-refractivity contribution >= 4 is 33.4 Å². The molecule has 8 nitrogen and oxygen atoms in total. The number of ether oxygens (including phenoxy) is 2. The number of benzene rings is 2. The molecule has 0 saturated carbocycles. The number of nitrogens with one attached hydrogen (secondary N) is 1. The summed E-state index contributed by atoms with van der Waals surface area (Å²) < 4.78 is 38.5. The average molecular weight is 472 g/mol. The Bertz CT molecular complexity index is 1120. The van der Waals surface area contributed by atoms with Gasteiger partial charge in [0.2, 0.25) is 15.9 Å². The van der Waals surface area contributed by atoms with E-state index < -0.39 is 10.0 Å². The van der Waals surface area contributed by atoms with Crippen molar-refractivity contribution in [3.8, 4) is 0 Å². The van der Waals surface area contributed by atoms with E-state index in [0.29, 0.717) is 58.3 Å². The van der Waals surface area contributed by atoms with E-state index in [1.54, 1.807) is 24.3 Å². The maximum Gasteiger partial charge on any atom is 0.248 e. The Morgan fingerprint density at radius 3 is 2.33 bits per heavy atom. The zero-order valence-electron chi connectivity index (χ0n) is 18.7. The van der Waals surface area contributed by atoms with E-state index in [2.05, 4.69) is 10.2 Å². The van der Waals surface area contributed by atoms with Crippen LogP contribution in [0.15, 0.2) is 53.4 Å². The molecule has 176 valence electrons. The van der Waals surface area contributed by atoms with Crippen LogP contribution in [-0.2, 0) is 24.3 Å². The van der Waals surface area contributed by atoms with Crippen LogP contribution in [0.5, 0.6) is 0 Å². The summed E-state index contributed by atoms with van der Waals surface area (Å²) in [6.45, 7) is 5.84. The molecule has 0 spiro atoms. The second-order valence-corrected chi connectivity index (χ2v) is 9.91. The van der Waals surface area contributed by atoms with Gasteiger partial charge in [-0.1, -0.05) is 24.3 Å². The first-order valence-electron chi connectivity index (χ1n) is 11.0. The molecule has 2 aromatic carbocycles. The van der Waals surface area contributed by atoms with E-state index in [1.165, 1.54) is 10.4 Å². The molecule has 2 heterocycles. The van der Waals surface area contributed by atoms with Crippen molar-refractivity contribution in [3.63, 3.8) is 0 Å². The third-order valence-corrected chi connectivity index (χ3v) is 7.68. The molecule has 33 heavy (non-hydrogen) atoms. The van der Waals surface area contributed by atoms with Crippen molar-refractivity contribution < 1.29 is 22.7 Å². The molecule has 9 heteroatoms. The van der Waals surface area contributed by atoms with Gasteiger partial charge in [-0.15, -0.1) is 0 Å². The number of sulfonamides is 1. The Morgan fingerprint density at radius 2 is 1.64 bits per heavy atom. The SMILES string of the molecule is Cc1ccccc1/C=C/C(=O)Nc1cc(S(=O)(=O)N2CCOCC2)ccc1N1CCOCC1. The minimum Gasteiger partial charge on any atom is -0.379 e. The van der Waals surface area contributed by atoms with Crippen molar-refractivity contribution in [1.29, 1.82) is 0 Å². The van der Waals surface area contributed by atoms with Crippen molar-refractivity contribution in [2.75, 3.05) is 62.8 Å². The quantitative estimate of drug-likeness (QED) is 0.652. The molecule has 0 atom stereocenters. The number of hydrogen-bond donors (Lipinski definition) is 1. The lowest BCUT2D eigenvalue weighted by Gasteiger charge is -2.31. The van der Waals surface area contributed by atoms with E-state index in [1.807, 2.05) is 31.2 Å². The van der Waals surface area contributed by atoms with Gasteiger partial charge < -0.3 is 19.7 Å². The van der Waals surface area contributed by atoms with Crippen LogP contribution in [0, 0.1) is 6.92 Å². The fraction of sp³-hybridized carbons (Fsp3) is 0.375. The average Bonchev–Trinajstić information content (AvgIpc) is 2.84. The monoisotopic (exact) mass is 471 g/mol. The molecule has 2 aliphatic rings. The van der Waals surface area contributed by atoms with Crippen molar-refractivity contribution in [1.82, 2.24) is 4.31 Å². The predicted molar refractivity (Wildman–Crippen MR) is 128 cm³/mol. The topological polar surface area (TPSA) is 88.2 Å². The summed E-state index contributed by atoms with van der Waals surface area (Å²) in [6.07, 6.45) is 3.22. The highest BCUT2D eigenvalue weighted by Gasteiger charge is 2.28. The first-order chi connectivity index (χ1) is 15.9. The number of amides is 1. The molecule has 2 fully saturated rings. The Labute approximate surface area is 194 Å². The smallest absolute Gasteiger partial charge is 0.248 e. The fourth-order valence-corrected chi connectivity index (χ4v) is 5.34. The number of carbonyl (C=O) groups is 1. The molecule has 0 aliphatic carbocycles. The van der Waals surface area contributed by atoms with Gasteiger partial charge in [0.25, 0.3) is 0 Å². The molecule has 0 aromatic heterocycles. The van der Waals surface area contributed by atoms with Crippen molar-refractivity contribution in [2.45, 2.75) is 11.8 Å². The third-order valence-electron chi connectivity index (χ3n) is 5.79. The zero-order chi connectivity index (χ0) is 23.3. The lowest BCUT2D eigenvalue weighted by atomic mass is 10.1. The summed E-state index contributed by atoms with van der Waals surface area (Å²) in [7, 11) is -3.69. The van der Waals surface area contributed by atoms with Gasteiger partial charge in [0.05, 0.1) is 42.7 Å². The second-order valence-electron chi connectivity index (χ2n) is 7.97. The van der Waals surface area contributed by atoms with Gasteiger partial charge in [-0.2, -0.15) is 4.31 Å². The van der Waals surface area contributed by atoms with E-state index in [4.69, 9.17) is 9.47 Å². The molecule has 1 amide bonds. The molecule has 0 bridgehead atoms. The van der Waals surface area contributed by atoms with Crippen LogP contribution >= 0.6 is 0 Å². The van der Waals surface area contributed by atoms with Gasteiger partial charge in [-0.05, 0) is 42.3 Å². The number of aryl methyl sites for hydroxylation is 1. The minimum absolute atomic E-state index is 0.152. The highest BCUT2D eigenvalue weighted by atomic mass is 32.2. The summed E-state index contributed by atoms with van der Waals surface area (Å²) in [6, 6.07) is 12.7. The number of morpholine rings is 2. The standard InChI is InChI=1S/C24H29N3O5S/c1-19-4-2-3-5-20(19)6-9-24(28)25-22-18-21(33(29,30)27-12-16-32-17-13-27)7-8-23(22)26-10-14-31-15-11-26/h2-9,18H,10-17H2,1H3,(H,25,28)/b9-6+. The molecule has 2 aliphatic heterocycles. The fourth-order valence-electron chi connectivity index (χ4n) is 3.91. The number of hydrogen-bond acceptors (Lipinski definition) is 6. The van der Waals surface area contributed by atoms with E-state index >= 15 is 0 Å². The van der Waals surface area contributed by atoms with Gasteiger partial charge >= 0.3 is 0 Å². The normalized spacial score (nSPS) is 17.9. The Balaban J connectivity index is 1.62. The molecule has 0 unspecified atom stereocenters. The molecule has 2 aromatic rings. The maximum atomic E-state index is 13.2. The van der Waals surface area contributed by atoms with Gasteiger partial charge in [-0.25, -0.2) is 8.42 Å². The molecule has 1 N–H and O–H groups in total. The molecular formula is C24H29N3O5S. The highest BCUT2D eigenvalue weighted by molar-refractivity contribution is 7.89. The van der Waals surface area contributed by atoms with Gasteiger partial charge in [0, 0.05) is 32.3 Å². The molecular weight excluding hydrogens is 442 g/mol. The Hall–Kier alpha value is -2.72. The second kappa shape index (κ2) is 10.5. The lowest BCUT2D eigenvalue weighted by molar-refractivity contribution is -0.111. The predicted octanol–water partition coefficient (Wildman–Crippen LogP) is 2.50. The number of rotatable bonds is 6. The number of anilines is 2. The van der Waals surface area contributed by atoms with Gasteiger partial charge in [-0.3, -0.25) is 4.79 Å². The van der Waals surface area contributed by atoms with Crippen molar-refractivity contribution in [3.05, 3.63) is 59.7 Å². The van der Waals surface area contributed by atoms with Crippen LogP contribution < -0.4 is 10.2 Å². The zero-order valence-corrected chi connectivity index (χ0v) is 19.5. The largest absolute Gasteiger partial charge is 0.379 e. The lowest BCUT2D eigenvalue weighted by Crippen LogP contribution is -2.40. The number of carbonyl (C=O) groups excluding carboxylic acids is 1. The summed E-state index contributed by atoms with van der Waals surface area (Å²) in [4.78, 5) is 15.0. The van der Waals surface area contributed by atoms with Gasteiger partial charge in [0.15, 0.2) is 0 Å². The number of nitrogens with zero attached hydrogens (tertiary/aromatic N) is 2. The molecule has 0 radical (unpaired) electrons. The highest BCUT2D eigenvalue weighted by Crippen LogP contribution is 2.31. The Morgan fingerprint density at radius 1 is 0.970 bits per heavy atom. The van der Waals surface area contributed by atoms with Crippen LogP contribution in [0.25, 0.3) is 6.08 Å². The van der Waals surface area contributed by atoms with Crippen LogP contribution in [0.1, 0.15) is 11.1 Å². The van der Waals surface area contributed by atoms with Gasteiger partial charge in [0.1, 0.15) is 0 Å². The van der Waals surface area contributed by atoms with E-state index in [-0.39, 0.29) is 10.8 Å². The summed E-state index contributed by atoms with van der Waals surface area (Å²) >= 11 is 0. The first kappa shape index (κ1) is 23.4. The van der Waals surface area contributed by atoms with Crippen molar-refractivity contribution in [2.24, 2.45) is 0 Å². The Kier molecular flexibility index (Phi) is 7.44. The molecule has 2 saturated heterocycles. The first-order valence-corrected chi connectivity index (χ1v) is 12.5. The third kappa shape index (κ3) is 5.62. The summed E-state index contributed by atoms with van der Waals surface area (Å²) in [5.74, 6) is -0.325. The maximum absolute atomic E-state index is 13.2. The van der Waals surface area contributed by atoms with Crippen LogP contribution in [0.3, 0.4) is 0 Å². The van der Waals surface area contributed by atoms with Crippen LogP contribution in [0.2, 0.25) is 0 Å². The summed E-state index contributed by atoms with van der Waals surface area (Å²) in [5.41, 5.74) is 3.25. The molecule has 4 rings (SSSR count). The van der Waals surface area contributed by atoms with E-state index in [9.17, 15) is 13.2 Å². The minimum atomic E-state index is -3.69. The van der Waals surface area contributed by atoms with Crippen LogP contribution in [-0.4, -0.2) is 71.2 Å².